The molecule has 0 radical (unpaired) electrons. The van der Waals surface area contributed by atoms with E-state index in [1.807, 2.05) is 0 Å². The van der Waals surface area contributed by atoms with E-state index >= 15 is 0 Å². The van der Waals surface area contributed by atoms with Gasteiger partial charge in [0.05, 0.1) is 6.20 Å². The second kappa shape index (κ2) is 4.58. The zero-order chi connectivity index (χ0) is 11.7. The first-order valence-corrected chi connectivity index (χ1v) is 6.14. The molecule has 17 heavy (non-hydrogen) atoms. The maximum absolute atomic E-state index is 12.8. The summed E-state index contributed by atoms with van der Waals surface area (Å²) < 4.78 is 12.8. The Kier molecular flexibility index (Phi) is 2.94. The van der Waals surface area contributed by atoms with E-state index in [0.29, 0.717) is 0 Å². The van der Waals surface area contributed by atoms with Crippen molar-refractivity contribution >= 4 is 5.82 Å². The molecule has 0 aromatic carbocycles. The van der Waals surface area contributed by atoms with E-state index in [0.717, 1.165) is 51.1 Å². The van der Waals surface area contributed by atoms with E-state index in [1.165, 1.54) is 12.3 Å². The number of halogens is 1. The summed E-state index contributed by atoms with van der Waals surface area (Å²) in [5, 5.41) is 3.30. The molecular formula is C12H17FN4. The Balaban J connectivity index is 1.58. The van der Waals surface area contributed by atoms with Crippen molar-refractivity contribution in [1.29, 1.82) is 0 Å². The fraction of sp³-hybridized carbons (Fsp3) is 0.583. The standard InChI is InChI=1S/C12H17FN4/c13-10-1-2-12(15-7-10)17-5-3-16(4-6-17)11-8-14-9-11/h1-2,7,11,14H,3-6,8-9H2. The van der Waals surface area contributed by atoms with Crippen LogP contribution in [0.25, 0.3) is 0 Å². The Labute approximate surface area is 100 Å². The lowest BCUT2D eigenvalue weighted by Crippen LogP contribution is -2.61. The normalized spacial score (nSPS) is 22.5. The summed E-state index contributed by atoms with van der Waals surface area (Å²) in [5.74, 6) is 0.616. The number of aromatic nitrogens is 1. The van der Waals surface area contributed by atoms with Crippen LogP contribution < -0.4 is 10.2 Å². The zero-order valence-corrected chi connectivity index (χ0v) is 9.77. The molecule has 3 rings (SSSR count). The highest BCUT2D eigenvalue weighted by Gasteiger charge is 2.27. The number of nitrogens with zero attached hydrogens (tertiary/aromatic N) is 3. The lowest BCUT2D eigenvalue weighted by molar-refractivity contribution is 0.137. The molecule has 2 saturated heterocycles. The number of pyridine rings is 1. The van der Waals surface area contributed by atoms with E-state index in [2.05, 4.69) is 20.1 Å². The Morgan fingerprint density at radius 2 is 1.94 bits per heavy atom. The summed E-state index contributed by atoms with van der Waals surface area (Å²) in [5.41, 5.74) is 0. The van der Waals surface area contributed by atoms with Crippen LogP contribution in [0.15, 0.2) is 18.3 Å². The van der Waals surface area contributed by atoms with E-state index in [1.54, 1.807) is 6.07 Å². The number of hydrogen-bond acceptors (Lipinski definition) is 4. The van der Waals surface area contributed by atoms with Crippen LogP contribution in [-0.2, 0) is 0 Å². The molecule has 0 amide bonds. The molecule has 4 nitrogen and oxygen atoms in total. The van der Waals surface area contributed by atoms with Crippen molar-refractivity contribution in [2.75, 3.05) is 44.2 Å². The van der Waals surface area contributed by atoms with Crippen LogP contribution in [0.3, 0.4) is 0 Å². The van der Waals surface area contributed by atoms with Gasteiger partial charge in [-0.05, 0) is 12.1 Å². The molecule has 2 fully saturated rings. The van der Waals surface area contributed by atoms with Crippen molar-refractivity contribution in [2.45, 2.75) is 6.04 Å². The molecule has 0 saturated carbocycles. The fourth-order valence-corrected chi connectivity index (χ4v) is 2.40. The van der Waals surface area contributed by atoms with Crippen molar-refractivity contribution < 1.29 is 4.39 Å². The molecule has 0 bridgehead atoms. The smallest absolute Gasteiger partial charge is 0.141 e. The molecule has 1 N–H and O–H groups in total. The second-order valence-corrected chi connectivity index (χ2v) is 4.67. The Morgan fingerprint density at radius 1 is 1.18 bits per heavy atom. The average molecular weight is 236 g/mol. The van der Waals surface area contributed by atoms with Gasteiger partial charge in [0, 0.05) is 45.3 Å². The molecule has 5 heteroatoms. The first-order chi connectivity index (χ1) is 8.33. The van der Waals surface area contributed by atoms with Crippen molar-refractivity contribution in [3.05, 3.63) is 24.1 Å². The molecular weight excluding hydrogens is 219 g/mol. The minimum absolute atomic E-state index is 0.270. The van der Waals surface area contributed by atoms with Crippen molar-refractivity contribution in [2.24, 2.45) is 0 Å². The van der Waals surface area contributed by atoms with Crippen LogP contribution in [0.2, 0.25) is 0 Å². The van der Waals surface area contributed by atoms with E-state index < -0.39 is 0 Å². The Bertz CT molecular complexity index is 369. The van der Waals surface area contributed by atoms with Gasteiger partial charge in [-0.15, -0.1) is 0 Å². The van der Waals surface area contributed by atoms with Gasteiger partial charge in [-0.1, -0.05) is 0 Å². The molecule has 0 spiro atoms. The van der Waals surface area contributed by atoms with E-state index in [9.17, 15) is 4.39 Å². The molecule has 2 aliphatic heterocycles. The third-order valence-corrected chi connectivity index (χ3v) is 3.63. The number of hydrogen-bond donors (Lipinski definition) is 1. The minimum Gasteiger partial charge on any atom is -0.354 e. The number of piperazine rings is 1. The van der Waals surface area contributed by atoms with Gasteiger partial charge in [0.2, 0.25) is 0 Å². The third-order valence-electron chi connectivity index (χ3n) is 3.63. The van der Waals surface area contributed by atoms with E-state index in [4.69, 9.17) is 0 Å². The van der Waals surface area contributed by atoms with Gasteiger partial charge in [0.25, 0.3) is 0 Å². The first-order valence-electron chi connectivity index (χ1n) is 6.14. The molecule has 1 aromatic heterocycles. The lowest BCUT2D eigenvalue weighted by Gasteiger charge is -2.43. The van der Waals surface area contributed by atoms with Crippen LogP contribution in [0.4, 0.5) is 10.2 Å². The molecule has 0 atom stereocenters. The fourth-order valence-electron chi connectivity index (χ4n) is 2.40. The Morgan fingerprint density at radius 3 is 2.47 bits per heavy atom. The highest BCUT2D eigenvalue weighted by atomic mass is 19.1. The van der Waals surface area contributed by atoms with E-state index in [-0.39, 0.29) is 5.82 Å². The van der Waals surface area contributed by atoms with Gasteiger partial charge >= 0.3 is 0 Å². The van der Waals surface area contributed by atoms with Gasteiger partial charge in [0.15, 0.2) is 0 Å². The highest BCUT2D eigenvalue weighted by Crippen LogP contribution is 2.15. The van der Waals surface area contributed by atoms with Gasteiger partial charge in [-0.2, -0.15) is 0 Å². The molecule has 0 unspecified atom stereocenters. The highest BCUT2D eigenvalue weighted by molar-refractivity contribution is 5.38. The number of anilines is 1. The summed E-state index contributed by atoms with van der Waals surface area (Å²) in [6.07, 6.45) is 1.29. The summed E-state index contributed by atoms with van der Waals surface area (Å²) >= 11 is 0. The number of rotatable bonds is 2. The minimum atomic E-state index is -0.270. The summed E-state index contributed by atoms with van der Waals surface area (Å²) in [6.45, 7) is 6.35. The molecule has 0 aliphatic carbocycles. The largest absolute Gasteiger partial charge is 0.354 e. The maximum atomic E-state index is 12.8. The second-order valence-electron chi connectivity index (χ2n) is 4.67. The van der Waals surface area contributed by atoms with Crippen molar-refractivity contribution in [3.63, 3.8) is 0 Å². The lowest BCUT2D eigenvalue weighted by atomic mass is 10.1. The average Bonchev–Trinajstić information content (AvgIpc) is 2.29. The van der Waals surface area contributed by atoms with Crippen molar-refractivity contribution in [3.8, 4) is 0 Å². The van der Waals surface area contributed by atoms with Crippen LogP contribution in [0, 0.1) is 5.82 Å². The topological polar surface area (TPSA) is 31.4 Å². The molecule has 1 aromatic rings. The molecule has 92 valence electrons. The van der Waals surface area contributed by atoms with Gasteiger partial charge in [-0.25, -0.2) is 9.37 Å². The molecule has 2 aliphatic rings. The van der Waals surface area contributed by atoms with Gasteiger partial charge in [-0.3, -0.25) is 4.90 Å². The molecule has 3 heterocycles. The SMILES string of the molecule is Fc1ccc(N2CCN(C3CNC3)CC2)nc1. The van der Waals surface area contributed by atoms with Crippen LogP contribution in [0.1, 0.15) is 0 Å². The monoisotopic (exact) mass is 236 g/mol. The summed E-state index contributed by atoms with van der Waals surface area (Å²) in [6, 6.07) is 3.96. The third kappa shape index (κ3) is 2.25. The van der Waals surface area contributed by atoms with Gasteiger partial charge < -0.3 is 10.2 Å². The zero-order valence-electron chi connectivity index (χ0n) is 9.77. The summed E-state index contributed by atoms with van der Waals surface area (Å²) in [7, 11) is 0. The van der Waals surface area contributed by atoms with Crippen LogP contribution >= 0.6 is 0 Å². The number of nitrogens with one attached hydrogen (secondary N) is 1. The van der Waals surface area contributed by atoms with Crippen LogP contribution in [0.5, 0.6) is 0 Å². The maximum Gasteiger partial charge on any atom is 0.141 e. The van der Waals surface area contributed by atoms with Crippen LogP contribution in [-0.4, -0.2) is 55.2 Å². The predicted molar refractivity (Wildman–Crippen MR) is 64.6 cm³/mol. The van der Waals surface area contributed by atoms with Crippen molar-refractivity contribution in [1.82, 2.24) is 15.2 Å². The van der Waals surface area contributed by atoms with Gasteiger partial charge in [0.1, 0.15) is 11.6 Å². The quantitative estimate of drug-likeness (QED) is 0.801. The predicted octanol–water partition coefficient (Wildman–Crippen LogP) is 0.315. The Hall–Kier alpha value is -1.20. The summed E-state index contributed by atoms with van der Waals surface area (Å²) in [4.78, 5) is 8.87. The first kappa shape index (κ1) is 10.9.